The van der Waals surface area contributed by atoms with Crippen molar-refractivity contribution in [2.75, 3.05) is 32.1 Å². The molecule has 1 fully saturated rings. The van der Waals surface area contributed by atoms with Crippen LogP contribution in [0.4, 0.5) is 18.9 Å². The van der Waals surface area contributed by atoms with Gasteiger partial charge in [-0.15, -0.1) is 0 Å². The van der Waals surface area contributed by atoms with Gasteiger partial charge in [0, 0.05) is 26.2 Å². The van der Waals surface area contributed by atoms with E-state index in [4.69, 9.17) is 10.00 Å². The molecule has 0 atom stereocenters. The maximum atomic E-state index is 12.7. The van der Waals surface area contributed by atoms with Crippen molar-refractivity contribution < 1.29 is 22.7 Å². The maximum Gasteiger partial charge on any atom is 0.416 e. The van der Waals surface area contributed by atoms with Crippen LogP contribution in [-0.4, -0.2) is 43.7 Å². The van der Waals surface area contributed by atoms with E-state index in [2.05, 4.69) is 5.32 Å². The second-order valence-corrected chi connectivity index (χ2v) is 5.91. The van der Waals surface area contributed by atoms with Gasteiger partial charge in [-0.1, -0.05) is 0 Å². The molecule has 8 heteroatoms. The van der Waals surface area contributed by atoms with Gasteiger partial charge in [-0.25, -0.2) is 0 Å². The Morgan fingerprint density at radius 2 is 2.08 bits per heavy atom. The quantitative estimate of drug-likeness (QED) is 0.882. The molecule has 1 N–H and O–H groups in total. The van der Waals surface area contributed by atoms with Crippen LogP contribution in [0.1, 0.15) is 30.4 Å². The van der Waals surface area contributed by atoms with E-state index in [9.17, 15) is 18.0 Å². The number of anilines is 1. The Balaban J connectivity index is 1.96. The van der Waals surface area contributed by atoms with Crippen LogP contribution in [0.15, 0.2) is 18.2 Å². The van der Waals surface area contributed by atoms with Gasteiger partial charge in [-0.2, -0.15) is 18.4 Å². The first-order valence-corrected chi connectivity index (χ1v) is 7.99. The fourth-order valence-electron chi connectivity index (χ4n) is 2.78. The first-order valence-electron chi connectivity index (χ1n) is 7.99. The fraction of sp³-hybridized carbons (Fsp3) is 0.529. The third-order valence-electron chi connectivity index (χ3n) is 4.19. The summed E-state index contributed by atoms with van der Waals surface area (Å²) in [6.45, 7) is 1.53. The second-order valence-electron chi connectivity index (χ2n) is 5.91. The summed E-state index contributed by atoms with van der Waals surface area (Å²) in [7, 11) is 1.54. The van der Waals surface area contributed by atoms with E-state index in [1.165, 1.54) is 6.07 Å². The van der Waals surface area contributed by atoms with E-state index in [-0.39, 0.29) is 17.5 Å². The Morgan fingerprint density at radius 3 is 2.64 bits per heavy atom. The Labute approximate surface area is 144 Å². The van der Waals surface area contributed by atoms with Crippen molar-refractivity contribution in [3.63, 3.8) is 0 Å². The molecule has 0 aliphatic carbocycles. The summed E-state index contributed by atoms with van der Waals surface area (Å²) in [5, 5.41) is 12.2. The molecule has 0 radical (unpaired) electrons. The van der Waals surface area contributed by atoms with Crippen LogP contribution in [0.2, 0.25) is 0 Å². The summed E-state index contributed by atoms with van der Waals surface area (Å²) in [6.07, 6.45) is -2.79. The van der Waals surface area contributed by atoms with Gasteiger partial charge < -0.3 is 15.0 Å². The minimum atomic E-state index is -4.47. The molecule has 0 aromatic heterocycles. The zero-order valence-electron chi connectivity index (χ0n) is 13.9. The van der Waals surface area contributed by atoms with Crippen LogP contribution < -0.4 is 5.32 Å². The molecule has 1 amide bonds. The first-order chi connectivity index (χ1) is 11.8. The van der Waals surface area contributed by atoms with Gasteiger partial charge in [-0.3, -0.25) is 4.79 Å². The van der Waals surface area contributed by atoms with E-state index in [1.807, 2.05) is 0 Å². The number of hydrogen-bond donors (Lipinski definition) is 1. The van der Waals surface area contributed by atoms with Crippen LogP contribution in [-0.2, 0) is 15.7 Å². The summed E-state index contributed by atoms with van der Waals surface area (Å²) in [6, 6.07) is 4.92. The number of ether oxygens (including phenoxy) is 1. The van der Waals surface area contributed by atoms with E-state index >= 15 is 0 Å². The molecule has 0 unspecified atom stereocenters. The van der Waals surface area contributed by atoms with Gasteiger partial charge in [-0.05, 0) is 31.0 Å². The van der Waals surface area contributed by atoms with Gasteiger partial charge in [0.05, 0.1) is 29.8 Å². The molecule has 1 aromatic rings. The average molecular weight is 355 g/mol. The highest BCUT2D eigenvalue weighted by molar-refractivity contribution is 5.76. The number of hydrogen-bond acceptors (Lipinski definition) is 4. The lowest BCUT2D eigenvalue weighted by Crippen LogP contribution is -2.42. The lowest BCUT2D eigenvalue weighted by atomic mass is 10.0. The normalized spacial score (nSPS) is 15.7. The number of likely N-dealkylation sites (tertiary alicyclic amines) is 1. The maximum absolute atomic E-state index is 12.7. The lowest BCUT2D eigenvalue weighted by molar-refractivity contribution is -0.137. The van der Waals surface area contributed by atoms with Crippen molar-refractivity contribution in [1.82, 2.24) is 4.90 Å². The molecule has 5 nitrogen and oxygen atoms in total. The molecule has 1 aromatic carbocycles. The van der Waals surface area contributed by atoms with Crippen molar-refractivity contribution in [1.29, 1.82) is 5.26 Å². The van der Waals surface area contributed by atoms with Crippen LogP contribution in [0.3, 0.4) is 0 Å². The van der Waals surface area contributed by atoms with E-state index in [1.54, 1.807) is 18.1 Å². The molecular weight excluding hydrogens is 335 g/mol. The standard InChI is InChI=1S/C17H20F3N3O2/c1-25-9-6-16(24)23-7-4-14(5-8-23)22-15-3-2-13(17(18,19)20)10-12(15)11-21/h2-3,10,14,22H,4-9H2,1H3. The van der Waals surface area contributed by atoms with Crippen molar-refractivity contribution in [2.45, 2.75) is 31.5 Å². The van der Waals surface area contributed by atoms with Crippen LogP contribution in [0.25, 0.3) is 0 Å². The molecule has 0 spiro atoms. The summed E-state index contributed by atoms with van der Waals surface area (Å²) in [5.74, 6) is 0.0348. The van der Waals surface area contributed by atoms with Gasteiger partial charge >= 0.3 is 6.18 Å². The fourth-order valence-corrected chi connectivity index (χ4v) is 2.78. The Bertz CT molecular complexity index is 648. The smallest absolute Gasteiger partial charge is 0.384 e. The first kappa shape index (κ1) is 19.1. The van der Waals surface area contributed by atoms with Gasteiger partial charge in [0.15, 0.2) is 0 Å². The molecule has 2 rings (SSSR count). The van der Waals surface area contributed by atoms with Crippen molar-refractivity contribution in [3.05, 3.63) is 29.3 Å². The molecule has 25 heavy (non-hydrogen) atoms. The summed E-state index contributed by atoms with van der Waals surface area (Å²) < 4.78 is 43.1. The van der Waals surface area contributed by atoms with Gasteiger partial charge in [0.1, 0.15) is 6.07 Å². The predicted molar refractivity (Wildman–Crippen MR) is 85.9 cm³/mol. The number of nitrogens with one attached hydrogen (secondary N) is 1. The second kappa shape index (κ2) is 8.21. The van der Waals surface area contributed by atoms with E-state index in [0.29, 0.717) is 44.6 Å². The van der Waals surface area contributed by atoms with Gasteiger partial charge in [0.25, 0.3) is 0 Å². The molecular formula is C17H20F3N3O2. The van der Waals surface area contributed by atoms with Gasteiger partial charge in [0.2, 0.25) is 5.91 Å². The molecule has 1 saturated heterocycles. The summed E-state index contributed by atoms with van der Waals surface area (Å²) in [4.78, 5) is 13.7. The summed E-state index contributed by atoms with van der Waals surface area (Å²) in [5.41, 5.74) is -0.485. The predicted octanol–water partition coefficient (Wildman–Crippen LogP) is 3.02. The zero-order chi connectivity index (χ0) is 18.4. The number of amides is 1. The Kier molecular flexibility index (Phi) is 6.26. The largest absolute Gasteiger partial charge is 0.416 e. The highest BCUT2D eigenvalue weighted by atomic mass is 19.4. The number of halogens is 3. The molecule has 1 aliphatic heterocycles. The minimum absolute atomic E-state index is 0.00955. The third kappa shape index (κ3) is 5.10. The molecule has 0 saturated carbocycles. The van der Waals surface area contributed by atoms with Crippen LogP contribution in [0, 0.1) is 11.3 Å². The number of nitriles is 1. The molecule has 0 bridgehead atoms. The van der Waals surface area contributed by atoms with Crippen molar-refractivity contribution in [2.24, 2.45) is 0 Å². The lowest BCUT2D eigenvalue weighted by Gasteiger charge is -2.33. The van der Waals surface area contributed by atoms with Crippen molar-refractivity contribution >= 4 is 11.6 Å². The average Bonchev–Trinajstić information content (AvgIpc) is 2.59. The zero-order valence-corrected chi connectivity index (χ0v) is 13.9. The molecule has 1 aliphatic rings. The molecule has 1 heterocycles. The Hall–Kier alpha value is -2.27. The number of piperidine rings is 1. The third-order valence-corrected chi connectivity index (χ3v) is 4.19. The number of methoxy groups -OCH3 is 1. The number of nitrogens with zero attached hydrogens (tertiary/aromatic N) is 2. The number of rotatable bonds is 5. The number of carbonyl (C=O) groups is 1. The van der Waals surface area contributed by atoms with E-state index in [0.717, 1.165) is 12.1 Å². The molecule has 136 valence electrons. The number of benzene rings is 1. The van der Waals surface area contributed by atoms with Crippen molar-refractivity contribution in [3.8, 4) is 6.07 Å². The highest BCUT2D eigenvalue weighted by Gasteiger charge is 2.31. The minimum Gasteiger partial charge on any atom is -0.384 e. The van der Waals surface area contributed by atoms with Crippen LogP contribution in [0.5, 0.6) is 0 Å². The summed E-state index contributed by atoms with van der Waals surface area (Å²) >= 11 is 0. The number of carbonyl (C=O) groups excluding carboxylic acids is 1. The monoisotopic (exact) mass is 355 g/mol. The highest BCUT2D eigenvalue weighted by Crippen LogP contribution is 2.32. The van der Waals surface area contributed by atoms with Crippen LogP contribution >= 0.6 is 0 Å². The Morgan fingerprint density at radius 1 is 1.40 bits per heavy atom. The van der Waals surface area contributed by atoms with E-state index < -0.39 is 11.7 Å². The topological polar surface area (TPSA) is 65.4 Å². The number of alkyl halides is 3. The SMILES string of the molecule is COCCC(=O)N1CCC(Nc2ccc(C(F)(F)F)cc2C#N)CC1.